The second kappa shape index (κ2) is 11.5. The molecule has 2 aromatic rings. The molecule has 138 valence electrons. The Bertz CT molecular complexity index is 642. The van der Waals surface area contributed by atoms with Crippen molar-refractivity contribution in [1.29, 1.82) is 0 Å². The Morgan fingerprint density at radius 2 is 1.92 bits per heavy atom. The van der Waals surface area contributed by atoms with Gasteiger partial charge in [-0.3, -0.25) is 0 Å². The molecule has 2 unspecified atom stereocenters. The van der Waals surface area contributed by atoms with Crippen molar-refractivity contribution >= 4 is 41.3 Å². The van der Waals surface area contributed by atoms with Crippen molar-refractivity contribution in [2.75, 3.05) is 6.54 Å². The summed E-state index contributed by atoms with van der Waals surface area (Å²) in [6.07, 6.45) is 0.984. The number of rotatable bonds is 7. The van der Waals surface area contributed by atoms with E-state index in [0.717, 1.165) is 24.6 Å². The van der Waals surface area contributed by atoms with Gasteiger partial charge in [-0.15, -0.1) is 35.3 Å². The van der Waals surface area contributed by atoms with Crippen LogP contribution in [0.2, 0.25) is 0 Å². The third-order valence-electron chi connectivity index (χ3n) is 4.08. The zero-order chi connectivity index (χ0) is 17.4. The summed E-state index contributed by atoms with van der Waals surface area (Å²) in [5.74, 6) is 1.25. The van der Waals surface area contributed by atoms with Crippen LogP contribution in [0.4, 0.5) is 0 Å². The molecule has 0 amide bonds. The molecule has 0 saturated heterocycles. The van der Waals surface area contributed by atoms with Crippen LogP contribution in [0.5, 0.6) is 0 Å². The molecule has 1 heterocycles. The van der Waals surface area contributed by atoms with Gasteiger partial charge in [0.15, 0.2) is 5.96 Å². The van der Waals surface area contributed by atoms with Crippen LogP contribution < -0.4 is 10.6 Å². The van der Waals surface area contributed by atoms with Crippen molar-refractivity contribution < 1.29 is 0 Å². The Morgan fingerprint density at radius 1 is 1.20 bits per heavy atom. The third kappa shape index (κ3) is 6.93. The first-order chi connectivity index (χ1) is 11.6. The summed E-state index contributed by atoms with van der Waals surface area (Å²) in [4.78, 5) is 9.26. The Hall–Kier alpha value is -1.15. The number of thiazole rings is 1. The number of nitrogens with one attached hydrogen (secondary N) is 2. The lowest BCUT2D eigenvalue weighted by molar-refractivity contribution is 0.550. The summed E-state index contributed by atoms with van der Waals surface area (Å²) in [6, 6.07) is 10.9. The van der Waals surface area contributed by atoms with Gasteiger partial charge in [0, 0.05) is 23.9 Å². The predicted molar refractivity (Wildman–Crippen MR) is 119 cm³/mol. The van der Waals surface area contributed by atoms with E-state index in [0.29, 0.717) is 12.5 Å². The number of guanidine groups is 1. The molecule has 0 spiro atoms. The van der Waals surface area contributed by atoms with Crippen LogP contribution in [0.15, 0.2) is 40.7 Å². The van der Waals surface area contributed by atoms with E-state index in [1.54, 1.807) is 11.3 Å². The molecule has 2 N–H and O–H groups in total. The van der Waals surface area contributed by atoms with Crippen LogP contribution in [-0.4, -0.2) is 23.5 Å². The van der Waals surface area contributed by atoms with Gasteiger partial charge >= 0.3 is 0 Å². The quantitative estimate of drug-likeness (QED) is 0.353. The number of aryl methyl sites for hydroxylation is 1. The van der Waals surface area contributed by atoms with E-state index in [1.807, 2.05) is 0 Å². The van der Waals surface area contributed by atoms with E-state index < -0.39 is 0 Å². The van der Waals surface area contributed by atoms with Crippen LogP contribution in [0.25, 0.3) is 0 Å². The summed E-state index contributed by atoms with van der Waals surface area (Å²) in [7, 11) is 0. The van der Waals surface area contributed by atoms with Crippen molar-refractivity contribution in [1.82, 2.24) is 15.6 Å². The number of hydrogen-bond donors (Lipinski definition) is 2. The van der Waals surface area contributed by atoms with Crippen molar-refractivity contribution in [3.63, 3.8) is 0 Å². The first kappa shape index (κ1) is 21.9. The number of aromatic nitrogens is 1. The fourth-order valence-corrected chi connectivity index (χ4v) is 3.19. The van der Waals surface area contributed by atoms with Crippen molar-refractivity contribution in [2.24, 2.45) is 4.99 Å². The number of hydrogen-bond acceptors (Lipinski definition) is 3. The van der Waals surface area contributed by atoms with Gasteiger partial charge in [-0.25, -0.2) is 9.98 Å². The molecule has 4 nitrogen and oxygen atoms in total. The Balaban J connectivity index is 0.00000312. The first-order valence-corrected chi connectivity index (χ1v) is 9.55. The summed E-state index contributed by atoms with van der Waals surface area (Å²) >= 11 is 1.71. The lowest BCUT2D eigenvalue weighted by Crippen LogP contribution is -2.44. The molecule has 0 aliphatic rings. The molecule has 1 aromatic heterocycles. The SMILES string of the molecule is CCNC(=NCc1csc(CC)n1)NC(C)C(C)c1ccccc1.I. The van der Waals surface area contributed by atoms with Gasteiger partial charge in [0.05, 0.1) is 17.2 Å². The molecular weight excluding hydrogens is 443 g/mol. The van der Waals surface area contributed by atoms with Crippen LogP contribution in [0.3, 0.4) is 0 Å². The maximum absolute atomic E-state index is 4.69. The first-order valence-electron chi connectivity index (χ1n) is 8.67. The van der Waals surface area contributed by atoms with Gasteiger partial charge in [-0.2, -0.15) is 0 Å². The highest BCUT2D eigenvalue weighted by atomic mass is 127. The smallest absolute Gasteiger partial charge is 0.191 e. The van der Waals surface area contributed by atoms with Crippen molar-refractivity contribution in [2.45, 2.75) is 52.6 Å². The molecule has 0 aliphatic heterocycles. The third-order valence-corrected chi connectivity index (χ3v) is 5.13. The van der Waals surface area contributed by atoms with E-state index in [4.69, 9.17) is 0 Å². The average Bonchev–Trinajstić information content (AvgIpc) is 3.08. The van der Waals surface area contributed by atoms with Gasteiger partial charge in [-0.05, 0) is 25.8 Å². The number of aliphatic imine (C=N–C) groups is 1. The van der Waals surface area contributed by atoms with Crippen molar-refractivity contribution in [3.05, 3.63) is 52.0 Å². The molecule has 1 aromatic carbocycles. The van der Waals surface area contributed by atoms with E-state index >= 15 is 0 Å². The lowest BCUT2D eigenvalue weighted by Gasteiger charge is -2.24. The van der Waals surface area contributed by atoms with Gasteiger partial charge in [0.2, 0.25) is 0 Å². The standard InChI is InChI=1S/C19H28N4S.HI/c1-5-18-23-17(13-24-18)12-21-19(20-6-2)22-15(4)14(3)16-10-8-7-9-11-16;/h7-11,13-15H,5-6,12H2,1-4H3,(H2,20,21,22);1H. The van der Waals surface area contributed by atoms with Gasteiger partial charge < -0.3 is 10.6 Å². The normalized spacial score (nSPS) is 13.7. The minimum atomic E-state index is 0. The monoisotopic (exact) mass is 472 g/mol. The van der Waals surface area contributed by atoms with E-state index in [-0.39, 0.29) is 30.0 Å². The number of benzene rings is 1. The Labute approximate surface area is 172 Å². The largest absolute Gasteiger partial charge is 0.357 e. The Morgan fingerprint density at radius 3 is 2.52 bits per heavy atom. The van der Waals surface area contributed by atoms with E-state index in [9.17, 15) is 0 Å². The second-order valence-corrected chi connectivity index (χ2v) is 6.86. The molecule has 2 rings (SSSR count). The highest BCUT2D eigenvalue weighted by molar-refractivity contribution is 14.0. The summed E-state index contributed by atoms with van der Waals surface area (Å²) in [5, 5.41) is 10.1. The van der Waals surface area contributed by atoms with Crippen molar-refractivity contribution in [3.8, 4) is 0 Å². The fourth-order valence-electron chi connectivity index (χ4n) is 2.45. The summed E-state index contributed by atoms with van der Waals surface area (Å²) in [5.41, 5.74) is 2.37. The molecular formula is C19H29IN4S. The van der Waals surface area contributed by atoms with Gasteiger partial charge in [0.25, 0.3) is 0 Å². The van der Waals surface area contributed by atoms with E-state index in [2.05, 4.69) is 84.0 Å². The van der Waals surface area contributed by atoms with Crippen LogP contribution in [0, 0.1) is 0 Å². The van der Waals surface area contributed by atoms with E-state index in [1.165, 1.54) is 10.6 Å². The molecule has 0 fully saturated rings. The highest BCUT2D eigenvalue weighted by Gasteiger charge is 2.15. The second-order valence-electron chi connectivity index (χ2n) is 5.91. The van der Waals surface area contributed by atoms with Gasteiger partial charge in [-0.1, -0.05) is 44.2 Å². The molecule has 0 saturated carbocycles. The average molecular weight is 472 g/mol. The molecule has 0 radical (unpaired) electrons. The molecule has 6 heteroatoms. The number of halogens is 1. The minimum Gasteiger partial charge on any atom is -0.357 e. The molecule has 0 bridgehead atoms. The maximum Gasteiger partial charge on any atom is 0.191 e. The zero-order valence-electron chi connectivity index (χ0n) is 15.5. The number of nitrogens with zero attached hydrogens (tertiary/aromatic N) is 2. The highest BCUT2D eigenvalue weighted by Crippen LogP contribution is 2.18. The topological polar surface area (TPSA) is 49.3 Å². The molecule has 2 atom stereocenters. The molecule has 25 heavy (non-hydrogen) atoms. The minimum absolute atomic E-state index is 0. The van der Waals surface area contributed by atoms with Crippen LogP contribution >= 0.6 is 35.3 Å². The van der Waals surface area contributed by atoms with Crippen LogP contribution in [0.1, 0.15) is 49.9 Å². The fraction of sp³-hybridized carbons (Fsp3) is 0.474. The van der Waals surface area contributed by atoms with Gasteiger partial charge in [0.1, 0.15) is 0 Å². The Kier molecular flexibility index (Phi) is 10.0. The lowest BCUT2D eigenvalue weighted by atomic mass is 9.94. The zero-order valence-corrected chi connectivity index (χ0v) is 18.6. The molecule has 0 aliphatic carbocycles. The summed E-state index contributed by atoms with van der Waals surface area (Å²) < 4.78 is 0. The van der Waals surface area contributed by atoms with Crippen LogP contribution in [-0.2, 0) is 13.0 Å². The predicted octanol–water partition coefficient (Wildman–Crippen LogP) is 4.57. The maximum atomic E-state index is 4.69. The summed E-state index contributed by atoms with van der Waals surface area (Å²) in [6.45, 7) is 10.1.